The Balaban J connectivity index is 1.94. The summed E-state index contributed by atoms with van der Waals surface area (Å²) in [5.41, 5.74) is 1.96. The zero-order valence-electron chi connectivity index (χ0n) is 11.2. The van der Waals surface area contributed by atoms with Gasteiger partial charge in [-0.3, -0.25) is 4.99 Å². The molecule has 0 fully saturated rings. The maximum absolute atomic E-state index is 13.0. The highest BCUT2D eigenvalue weighted by Crippen LogP contribution is 2.23. The van der Waals surface area contributed by atoms with Crippen LogP contribution >= 0.6 is 0 Å². The number of methoxy groups -OCH3 is 1. The van der Waals surface area contributed by atoms with Gasteiger partial charge in [-0.15, -0.1) is 0 Å². The van der Waals surface area contributed by atoms with Gasteiger partial charge in [-0.25, -0.2) is 4.39 Å². The third kappa shape index (κ3) is 2.37. The molecule has 0 amide bonds. The molecule has 0 bridgehead atoms. The lowest BCUT2D eigenvalue weighted by Gasteiger charge is -2.20. The molecule has 0 N–H and O–H groups in total. The Kier molecular flexibility index (Phi) is 3.37. The molecule has 0 spiro atoms. The molecule has 2 aromatic rings. The average molecular weight is 270 g/mol. The van der Waals surface area contributed by atoms with Crippen LogP contribution < -0.4 is 9.64 Å². The lowest BCUT2D eigenvalue weighted by molar-refractivity contribution is 0.414. The van der Waals surface area contributed by atoms with Crippen LogP contribution in [0.4, 0.5) is 10.1 Å². The first-order chi connectivity index (χ1) is 9.78. The maximum Gasteiger partial charge on any atom is 0.135 e. The minimum atomic E-state index is -0.229. The number of nitrogens with zero attached hydrogens (tertiary/aromatic N) is 2. The molecule has 0 aliphatic carbocycles. The Morgan fingerprint density at radius 1 is 1.15 bits per heavy atom. The van der Waals surface area contributed by atoms with Crippen molar-refractivity contribution < 1.29 is 9.13 Å². The van der Waals surface area contributed by atoms with Crippen LogP contribution in [0.3, 0.4) is 0 Å². The summed E-state index contributed by atoms with van der Waals surface area (Å²) in [6.07, 6.45) is 0. The molecule has 4 heteroatoms. The Morgan fingerprint density at radius 3 is 2.70 bits per heavy atom. The Hall–Kier alpha value is -2.36. The summed E-state index contributed by atoms with van der Waals surface area (Å²) in [7, 11) is 1.65. The van der Waals surface area contributed by atoms with E-state index in [1.54, 1.807) is 19.2 Å². The van der Waals surface area contributed by atoms with Crippen LogP contribution in [-0.2, 0) is 0 Å². The lowest BCUT2D eigenvalue weighted by Crippen LogP contribution is -2.28. The molecule has 0 atom stereocenters. The van der Waals surface area contributed by atoms with Gasteiger partial charge in [0.25, 0.3) is 0 Å². The van der Waals surface area contributed by atoms with Crippen LogP contribution in [0.2, 0.25) is 0 Å². The molecule has 2 aromatic carbocycles. The van der Waals surface area contributed by atoms with Gasteiger partial charge in [0.1, 0.15) is 17.4 Å². The average Bonchev–Trinajstić information content (AvgIpc) is 2.97. The maximum atomic E-state index is 13.0. The zero-order valence-corrected chi connectivity index (χ0v) is 11.2. The summed E-state index contributed by atoms with van der Waals surface area (Å²) in [5.74, 6) is 1.47. The minimum absolute atomic E-state index is 0.229. The molecule has 102 valence electrons. The number of ether oxygens (including phenoxy) is 1. The van der Waals surface area contributed by atoms with Crippen molar-refractivity contribution in [3.63, 3.8) is 0 Å². The van der Waals surface area contributed by atoms with E-state index in [9.17, 15) is 4.39 Å². The first kappa shape index (κ1) is 12.7. The van der Waals surface area contributed by atoms with Gasteiger partial charge < -0.3 is 9.64 Å². The van der Waals surface area contributed by atoms with E-state index in [1.165, 1.54) is 12.1 Å². The van der Waals surface area contributed by atoms with E-state index in [0.29, 0.717) is 0 Å². The highest BCUT2D eigenvalue weighted by Gasteiger charge is 2.20. The van der Waals surface area contributed by atoms with Crippen molar-refractivity contribution in [3.05, 3.63) is 59.9 Å². The SMILES string of the molecule is COc1cccc(C2=NCCN2c2ccc(F)cc2)c1. The molecule has 0 saturated carbocycles. The van der Waals surface area contributed by atoms with Crippen molar-refractivity contribution in [2.75, 3.05) is 25.1 Å². The van der Waals surface area contributed by atoms with E-state index in [1.807, 2.05) is 24.3 Å². The van der Waals surface area contributed by atoms with Crippen molar-refractivity contribution in [3.8, 4) is 5.75 Å². The molecule has 0 saturated heterocycles. The second kappa shape index (κ2) is 5.33. The van der Waals surface area contributed by atoms with Crippen molar-refractivity contribution in [2.24, 2.45) is 4.99 Å². The Morgan fingerprint density at radius 2 is 1.95 bits per heavy atom. The van der Waals surface area contributed by atoms with E-state index in [-0.39, 0.29) is 5.82 Å². The van der Waals surface area contributed by atoms with Gasteiger partial charge in [0.15, 0.2) is 0 Å². The quantitative estimate of drug-likeness (QED) is 0.856. The summed E-state index contributed by atoms with van der Waals surface area (Å²) in [4.78, 5) is 6.65. The molecule has 1 heterocycles. The predicted molar refractivity (Wildman–Crippen MR) is 78.1 cm³/mol. The predicted octanol–water partition coefficient (Wildman–Crippen LogP) is 3.10. The molecular weight excluding hydrogens is 255 g/mol. The second-order valence-corrected chi connectivity index (χ2v) is 4.57. The van der Waals surface area contributed by atoms with Crippen LogP contribution in [0.25, 0.3) is 0 Å². The summed E-state index contributed by atoms with van der Waals surface area (Å²) in [6.45, 7) is 1.54. The molecule has 3 nitrogen and oxygen atoms in total. The number of amidine groups is 1. The highest BCUT2D eigenvalue weighted by molar-refractivity contribution is 6.11. The molecule has 0 aromatic heterocycles. The van der Waals surface area contributed by atoms with Gasteiger partial charge in [-0.1, -0.05) is 12.1 Å². The Labute approximate surface area is 117 Å². The molecule has 0 radical (unpaired) electrons. The van der Waals surface area contributed by atoms with E-state index in [2.05, 4.69) is 9.89 Å². The van der Waals surface area contributed by atoms with Crippen molar-refractivity contribution in [1.82, 2.24) is 0 Å². The third-order valence-corrected chi connectivity index (χ3v) is 3.31. The number of halogens is 1. The first-order valence-electron chi connectivity index (χ1n) is 6.50. The fourth-order valence-electron chi connectivity index (χ4n) is 2.33. The molecule has 1 aliphatic heterocycles. The monoisotopic (exact) mass is 270 g/mol. The van der Waals surface area contributed by atoms with Gasteiger partial charge in [-0.2, -0.15) is 0 Å². The summed E-state index contributed by atoms with van der Waals surface area (Å²) in [6, 6.07) is 14.3. The van der Waals surface area contributed by atoms with Gasteiger partial charge in [0, 0.05) is 17.8 Å². The molecule has 1 aliphatic rings. The smallest absolute Gasteiger partial charge is 0.135 e. The molecule has 3 rings (SSSR count). The van der Waals surface area contributed by atoms with Gasteiger partial charge in [0.05, 0.1) is 13.7 Å². The summed E-state index contributed by atoms with van der Waals surface area (Å²) >= 11 is 0. The standard InChI is InChI=1S/C16H15FN2O/c1-20-15-4-2-3-12(11-15)16-18-9-10-19(16)14-7-5-13(17)6-8-14/h2-8,11H,9-10H2,1H3. The largest absolute Gasteiger partial charge is 0.497 e. The molecule has 0 unspecified atom stereocenters. The van der Waals surface area contributed by atoms with Gasteiger partial charge >= 0.3 is 0 Å². The van der Waals surface area contributed by atoms with Gasteiger partial charge in [-0.05, 0) is 36.4 Å². The minimum Gasteiger partial charge on any atom is -0.497 e. The van der Waals surface area contributed by atoms with Crippen LogP contribution in [0, 0.1) is 5.82 Å². The highest BCUT2D eigenvalue weighted by atomic mass is 19.1. The number of rotatable bonds is 3. The van der Waals surface area contributed by atoms with Crippen LogP contribution in [0.1, 0.15) is 5.56 Å². The molecule has 20 heavy (non-hydrogen) atoms. The first-order valence-corrected chi connectivity index (χ1v) is 6.50. The topological polar surface area (TPSA) is 24.8 Å². The summed E-state index contributed by atoms with van der Waals surface area (Å²) in [5, 5.41) is 0. The molecular formula is C16H15FN2O. The lowest BCUT2D eigenvalue weighted by atomic mass is 10.1. The van der Waals surface area contributed by atoms with Crippen molar-refractivity contribution in [2.45, 2.75) is 0 Å². The van der Waals surface area contributed by atoms with Crippen LogP contribution in [0.5, 0.6) is 5.75 Å². The Bertz CT molecular complexity index is 637. The van der Waals surface area contributed by atoms with E-state index in [0.717, 1.165) is 35.9 Å². The zero-order chi connectivity index (χ0) is 13.9. The van der Waals surface area contributed by atoms with E-state index in [4.69, 9.17) is 4.74 Å². The number of aliphatic imine (C=N–C) groups is 1. The number of benzene rings is 2. The van der Waals surface area contributed by atoms with Crippen LogP contribution in [-0.4, -0.2) is 26.0 Å². The fourth-order valence-corrected chi connectivity index (χ4v) is 2.33. The van der Waals surface area contributed by atoms with Crippen molar-refractivity contribution >= 4 is 11.5 Å². The van der Waals surface area contributed by atoms with E-state index < -0.39 is 0 Å². The number of hydrogen-bond donors (Lipinski definition) is 0. The van der Waals surface area contributed by atoms with E-state index >= 15 is 0 Å². The van der Waals surface area contributed by atoms with Crippen molar-refractivity contribution in [1.29, 1.82) is 0 Å². The number of hydrogen-bond acceptors (Lipinski definition) is 3. The second-order valence-electron chi connectivity index (χ2n) is 4.57. The normalized spacial score (nSPS) is 14.3. The number of anilines is 1. The van der Waals surface area contributed by atoms with Gasteiger partial charge in [0.2, 0.25) is 0 Å². The fraction of sp³-hybridized carbons (Fsp3) is 0.188. The summed E-state index contributed by atoms with van der Waals surface area (Å²) < 4.78 is 18.3. The third-order valence-electron chi connectivity index (χ3n) is 3.31. The van der Waals surface area contributed by atoms with Crippen LogP contribution in [0.15, 0.2) is 53.5 Å².